The fourth-order valence-electron chi connectivity index (χ4n) is 3.58. The number of halogens is 1. The predicted octanol–water partition coefficient (Wildman–Crippen LogP) is 3.80. The van der Waals surface area contributed by atoms with Crippen molar-refractivity contribution in [3.05, 3.63) is 92.5 Å². The molecule has 0 fully saturated rings. The van der Waals surface area contributed by atoms with Crippen molar-refractivity contribution in [1.29, 1.82) is 0 Å². The molecule has 2 aromatic carbocycles. The molecule has 2 aromatic heterocycles. The van der Waals surface area contributed by atoms with Gasteiger partial charge in [0, 0.05) is 16.9 Å². The molecular formula is C21H12BrN3O4. The van der Waals surface area contributed by atoms with Crippen LogP contribution in [0.5, 0.6) is 5.75 Å². The number of amides is 1. The highest BCUT2D eigenvalue weighted by molar-refractivity contribution is 9.10. The predicted molar refractivity (Wildman–Crippen MR) is 109 cm³/mol. The van der Waals surface area contributed by atoms with Gasteiger partial charge in [0.1, 0.15) is 11.3 Å². The van der Waals surface area contributed by atoms with Gasteiger partial charge in [-0.15, -0.1) is 0 Å². The average Bonchev–Trinajstić information content (AvgIpc) is 3.02. The number of rotatable bonds is 2. The lowest BCUT2D eigenvalue weighted by atomic mass is 9.98. The van der Waals surface area contributed by atoms with Crippen LogP contribution < -0.4 is 10.3 Å². The zero-order valence-corrected chi connectivity index (χ0v) is 16.3. The largest absolute Gasteiger partial charge is 0.508 e. The van der Waals surface area contributed by atoms with Gasteiger partial charge < -0.3 is 9.52 Å². The maximum atomic E-state index is 13.4. The van der Waals surface area contributed by atoms with Crippen LogP contribution in [0.25, 0.3) is 11.0 Å². The van der Waals surface area contributed by atoms with Crippen molar-refractivity contribution < 1.29 is 14.3 Å². The highest BCUT2D eigenvalue weighted by Gasteiger charge is 2.45. The van der Waals surface area contributed by atoms with Crippen molar-refractivity contribution in [3.8, 4) is 5.75 Å². The number of aromatic hydroxyl groups is 1. The lowest BCUT2D eigenvalue weighted by molar-refractivity contribution is 0.0969. The van der Waals surface area contributed by atoms with Crippen LogP contribution in [0.2, 0.25) is 0 Å². The summed E-state index contributed by atoms with van der Waals surface area (Å²) in [5, 5.41) is 10.3. The van der Waals surface area contributed by atoms with Crippen molar-refractivity contribution in [1.82, 2.24) is 9.97 Å². The number of carbonyl (C=O) groups excluding carboxylic acids is 1. The molecule has 29 heavy (non-hydrogen) atoms. The van der Waals surface area contributed by atoms with Crippen LogP contribution in [0, 0.1) is 0 Å². The van der Waals surface area contributed by atoms with Crippen molar-refractivity contribution in [2.75, 3.05) is 4.90 Å². The molecule has 1 atom stereocenters. The van der Waals surface area contributed by atoms with Gasteiger partial charge in [0.2, 0.25) is 11.7 Å². The summed E-state index contributed by atoms with van der Waals surface area (Å²) in [6.45, 7) is 0. The Balaban J connectivity index is 1.84. The van der Waals surface area contributed by atoms with E-state index in [1.54, 1.807) is 36.4 Å². The molecule has 4 aromatic rings. The molecule has 7 nitrogen and oxygen atoms in total. The van der Waals surface area contributed by atoms with Crippen molar-refractivity contribution >= 4 is 38.8 Å². The molecule has 0 spiro atoms. The first-order valence-corrected chi connectivity index (χ1v) is 9.49. The van der Waals surface area contributed by atoms with E-state index in [0.29, 0.717) is 16.5 Å². The third-order valence-corrected chi connectivity index (χ3v) is 5.28. The Labute approximate surface area is 172 Å². The quantitative estimate of drug-likeness (QED) is 0.499. The number of phenolic OH excluding ortho intramolecular Hbond substituents is 1. The van der Waals surface area contributed by atoms with Gasteiger partial charge in [-0.05, 0) is 42.0 Å². The first-order valence-electron chi connectivity index (χ1n) is 8.70. The van der Waals surface area contributed by atoms with E-state index < -0.39 is 11.9 Å². The number of aromatic nitrogens is 2. The van der Waals surface area contributed by atoms with Crippen LogP contribution in [-0.2, 0) is 0 Å². The zero-order chi connectivity index (χ0) is 20.1. The fraction of sp³-hybridized carbons (Fsp3) is 0.0476. The van der Waals surface area contributed by atoms with Crippen molar-refractivity contribution in [2.45, 2.75) is 6.04 Å². The Bertz CT molecular complexity index is 1340. The van der Waals surface area contributed by atoms with Gasteiger partial charge in [-0.25, -0.2) is 9.97 Å². The normalized spacial score (nSPS) is 15.7. The minimum absolute atomic E-state index is 0.0188. The lowest BCUT2D eigenvalue weighted by Gasteiger charge is -2.23. The van der Waals surface area contributed by atoms with Crippen LogP contribution >= 0.6 is 15.9 Å². The number of carbonyl (C=O) groups is 1. The Morgan fingerprint density at radius 1 is 1.03 bits per heavy atom. The monoisotopic (exact) mass is 449 g/mol. The number of fused-ring (bicyclic) bond motifs is 2. The number of anilines is 1. The minimum atomic E-state index is -0.827. The second kappa shape index (κ2) is 6.52. The molecule has 0 aliphatic carbocycles. The summed E-state index contributed by atoms with van der Waals surface area (Å²) in [6.07, 6.45) is 3.03. The first-order chi connectivity index (χ1) is 14.0. The molecule has 5 rings (SSSR count). The number of phenols is 1. The van der Waals surface area contributed by atoms with E-state index in [4.69, 9.17) is 4.42 Å². The first kappa shape index (κ1) is 17.6. The Kier molecular flexibility index (Phi) is 3.95. The number of benzene rings is 2. The molecule has 0 saturated carbocycles. The van der Waals surface area contributed by atoms with E-state index in [1.807, 2.05) is 0 Å². The SMILES string of the molecule is O=C1c2oc3ccc(Br)cc3c(=O)c2C(c2cccc(O)c2)N1c1ncccn1. The van der Waals surface area contributed by atoms with E-state index in [9.17, 15) is 14.7 Å². The average molecular weight is 450 g/mol. The molecule has 1 aliphatic heterocycles. The maximum absolute atomic E-state index is 13.4. The molecule has 1 amide bonds. The van der Waals surface area contributed by atoms with Crippen LogP contribution in [0.4, 0.5) is 5.95 Å². The third kappa shape index (κ3) is 2.72. The summed E-state index contributed by atoms with van der Waals surface area (Å²) in [7, 11) is 0. The van der Waals surface area contributed by atoms with Gasteiger partial charge in [-0.1, -0.05) is 28.1 Å². The van der Waals surface area contributed by atoms with Gasteiger partial charge in [-0.3, -0.25) is 14.5 Å². The Morgan fingerprint density at radius 3 is 2.59 bits per heavy atom. The van der Waals surface area contributed by atoms with E-state index in [-0.39, 0.29) is 28.5 Å². The van der Waals surface area contributed by atoms with Gasteiger partial charge in [0.25, 0.3) is 5.91 Å². The van der Waals surface area contributed by atoms with Gasteiger partial charge >= 0.3 is 0 Å². The van der Waals surface area contributed by atoms with Crippen molar-refractivity contribution in [3.63, 3.8) is 0 Å². The smallest absolute Gasteiger partial charge is 0.297 e. The molecular weight excluding hydrogens is 438 g/mol. The molecule has 1 N–H and O–H groups in total. The molecule has 0 radical (unpaired) electrons. The van der Waals surface area contributed by atoms with Crippen molar-refractivity contribution in [2.24, 2.45) is 0 Å². The fourth-order valence-corrected chi connectivity index (χ4v) is 3.94. The second-order valence-electron chi connectivity index (χ2n) is 6.54. The Morgan fingerprint density at radius 2 is 1.83 bits per heavy atom. The molecule has 0 saturated heterocycles. The summed E-state index contributed by atoms with van der Waals surface area (Å²) in [5.41, 5.74) is 0.739. The highest BCUT2D eigenvalue weighted by atomic mass is 79.9. The molecule has 1 unspecified atom stereocenters. The number of hydrogen-bond donors (Lipinski definition) is 1. The standard InChI is InChI=1S/C21H12BrN3O4/c22-12-5-6-15-14(10-12)18(27)16-17(11-3-1-4-13(26)9-11)25(20(28)19(16)29-15)21-23-7-2-8-24-21/h1-10,17,26H. The summed E-state index contributed by atoms with van der Waals surface area (Å²) in [6, 6.07) is 12.2. The summed E-state index contributed by atoms with van der Waals surface area (Å²) in [4.78, 5) is 36.4. The van der Waals surface area contributed by atoms with Crippen LogP contribution in [-0.4, -0.2) is 21.0 Å². The minimum Gasteiger partial charge on any atom is -0.508 e. The molecule has 8 heteroatoms. The van der Waals surface area contributed by atoms with Crippen LogP contribution in [0.3, 0.4) is 0 Å². The van der Waals surface area contributed by atoms with Gasteiger partial charge in [0.15, 0.2) is 5.43 Å². The third-order valence-electron chi connectivity index (χ3n) is 4.79. The van der Waals surface area contributed by atoms with E-state index in [2.05, 4.69) is 25.9 Å². The van der Waals surface area contributed by atoms with Crippen LogP contribution in [0.1, 0.15) is 27.7 Å². The lowest BCUT2D eigenvalue weighted by Crippen LogP contribution is -2.31. The van der Waals surface area contributed by atoms with Gasteiger partial charge in [0.05, 0.1) is 17.0 Å². The summed E-state index contributed by atoms with van der Waals surface area (Å²) >= 11 is 3.37. The number of nitrogens with zero attached hydrogens (tertiary/aromatic N) is 3. The van der Waals surface area contributed by atoms with E-state index >= 15 is 0 Å². The Hall–Kier alpha value is -3.52. The van der Waals surface area contributed by atoms with Gasteiger partial charge in [-0.2, -0.15) is 0 Å². The van der Waals surface area contributed by atoms with Crippen LogP contribution in [0.15, 0.2) is 74.6 Å². The molecule has 142 valence electrons. The molecule has 3 heterocycles. The zero-order valence-electron chi connectivity index (χ0n) is 14.7. The number of hydrogen-bond acceptors (Lipinski definition) is 6. The van der Waals surface area contributed by atoms with E-state index in [0.717, 1.165) is 4.47 Å². The highest BCUT2D eigenvalue weighted by Crippen LogP contribution is 2.40. The van der Waals surface area contributed by atoms with E-state index in [1.165, 1.54) is 29.4 Å². The second-order valence-corrected chi connectivity index (χ2v) is 7.45. The topological polar surface area (TPSA) is 96.5 Å². The maximum Gasteiger partial charge on any atom is 0.297 e. The molecule has 1 aliphatic rings. The summed E-state index contributed by atoms with van der Waals surface area (Å²) in [5.74, 6) is -0.404. The summed E-state index contributed by atoms with van der Waals surface area (Å²) < 4.78 is 6.58. The molecule has 0 bridgehead atoms.